The van der Waals surface area contributed by atoms with E-state index in [2.05, 4.69) is 21.2 Å². The van der Waals surface area contributed by atoms with E-state index >= 15 is 0 Å². The summed E-state index contributed by atoms with van der Waals surface area (Å²) in [7, 11) is 0. The van der Waals surface area contributed by atoms with E-state index in [0.29, 0.717) is 5.56 Å². The molecule has 0 fully saturated rings. The van der Waals surface area contributed by atoms with Crippen molar-refractivity contribution >= 4 is 15.9 Å². The molecule has 0 radical (unpaired) electrons. The first-order valence-electron chi connectivity index (χ1n) is 6.97. The van der Waals surface area contributed by atoms with Crippen molar-refractivity contribution in [3.05, 3.63) is 69.2 Å². The molecule has 1 nitrogen and oxygen atoms in total. The van der Waals surface area contributed by atoms with Crippen LogP contribution >= 0.6 is 15.9 Å². The highest BCUT2D eigenvalue weighted by molar-refractivity contribution is 9.10. The molecule has 0 aliphatic rings. The van der Waals surface area contributed by atoms with Crippen LogP contribution in [0, 0.1) is 18.6 Å². The molecule has 2 aromatic carbocycles. The Balaban J connectivity index is 2.49. The number of hydrogen-bond donors (Lipinski definition) is 1. The second-order valence-electron chi connectivity index (χ2n) is 5.05. The number of halogens is 3. The molecule has 2 rings (SSSR count). The zero-order valence-electron chi connectivity index (χ0n) is 12.1. The number of nitrogens with one attached hydrogen (secondary N) is 1. The van der Waals surface area contributed by atoms with Crippen molar-refractivity contribution in [2.75, 3.05) is 6.54 Å². The summed E-state index contributed by atoms with van der Waals surface area (Å²) in [6.45, 7) is 4.74. The molecule has 1 N–H and O–H groups in total. The smallest absolute Gasteiger partial charge is 0.128 e. The highest BCUT2D eigenvalue weighted by Crippen LogP contribution is 2.29. The van der Waals surface area contributed by atoms with Gasteiger partial charge in [0.1, 0.15) is 11.6 Å². The van der Waals surface area contributed by atoms with Crippen LogP contribution in [0.2, 0.25) is 0 Å². The zero-order chi connectivity index (χ0) is 15.4. The molecule has 0 saturated carbocycles. The Morgan fingerprint density at radius 1 is 1.10 bits per heavy atom. The van der Waals surface area contributed by atoms with Gasteiger partial charge in [0.2, 0.25) is 0 Å². The monoisotopic (exact) mass is 353 g/mol. The van der Waals surface area contributed by atoms with Crippen molar-refractivity contribution in [1.29, 1.82) is 0 Å². The Morgan fingerprint density at radius 2 is 1.86 bits per heavy atom. The van der Waals surface area contributed by atoms with Gasteiger partial charge in [0.25, 0.3) is 0 Å². The van der Waals surface area contributed by atoms with Crippen molar-refractivity contribution in [2.45, 2.75) is 26.3 Å². The van der Waals surface area contributed by atoms with Gasteiger partial charge in [0.05, 0.1) is 6.04 Å². The minimum Gasteiger partial charge on any atom is -0.306 e. The number of aryl methyl sites for hydroxylation is 1. The molecule has 2 aromatic rings. The molecule has 0 amide bonds. The first-order valence-corrected chi connectivity index (χ1v) is 7.76. The van der Waals surface area contributed by atoms with Gasteiger partial charge in [0, 0.05) is 10.0 Å². The zero-order valence-corrected chi connectivity index (χ0v) is 13.7. The molecule has 0 aliphatic heterocycles. The SMILES string of the molecule is CCCNC(c1ccc(Br)cc1C)c1cc(F)ccc1F. The Bertz CT molecular complexity index is 628. The van der Waals surface area contributed by atoms with Crippen LogP contribution in [0.3, 0.4) is 0 Å². The van der Waals surface area contributed by atoms with E-state index in [1.54, 1.807) is 0 Å². The van der Waals surface area contributed by atoms with E-state index in [1.807, 2.05) is 32.0 Å². The molecule has 0 aromatic heterocycles. The third-order valence-corrected chi connectivity index (χ3v) is 3.90. The maximum Gasteiger partial charge on any atom is 0.128 e. The predicted molar refractivity (Wildman–Crippen MR) is 85.4 cm³/mol. The lowest BCUT2D eigenvalue weighted by Gasteiger charge is -2.22. The number of rotatable bonds is 5. The summed E-state index contributed by atoms with van der Waals surface area (Å²) in [4.78, 5) is 0. The van der Waals surface area contributed by atoms with Gasteiger partial charge in [0.15, 0.2) is 0 Å². The number of hydrogen-bond acceptors (Lipinski definition) is 1. The van der Waals surface area contributed by atoms with Gasteiger partial charge >= 0.3 is 0 Å². The Morgan fingerprint density at radius 3 is 2.52 bits per heavy atom. The van der Waals surface area contributed by atoms with Gasteiger partial charge in [-0.05, 0) is 61.3 Å². The minimum absolute atomic E-state index is 0.342. The molecule has 0 bridgehead atoms. The van der Waals surface area contributed by atoms with Crippen LogP contribution in [-0.4, -0.2) is 6.54 Å². The molecular weight excluding hydrogens is 336 g/mol. The summed E-state index contributed by atoms with van der Waals surface area (Å²) >= 11 is 3.43. The lowest BCUT2D eigenvalue weighted by molar-refractivity contribution is 0.534. The van der Waals surface area contributed by atoms with Crippen LogP contribution in [0.25, 0.3) is 0 Å². The predicted octanol–water partition coefficient (Wildman–Crippen LogP) is 5.12. The van der Waals surface area contributed by atoms with Crippen LogP contribution in [0.4, 0.5) is 8.78 Å². The molecular formula is C17H18BrF2N. The summed E-state index contributed by atoms with van der Waals surface area (Å²) < 4.78 is 28.6. The van der Waals surface area contributed by atoms with E-state index in [1.165, 1.54) is 12.1 Å². The van der Waals surface area contributed by atoms with Crippen LogP contribution in [0.1, 0.15) is 36.1 Å². The van der Waals surface area contributed by atoms with Gasteiger partial charge in [-0.3, -0.25) is 0 Å². The van der Waals surface area contributed by atoms with Crippen molar-refractivity contribution < 1.29 is 8.78 Å². The lowest BCUT2D eigenvalue weighted by atomic mass is 9.94. The van der Waals surface area contributed by atoms with Gasteiger partial charge < -0.3 is 5.32 Å². The minimum atomic E-state index is -0.426. The van der Waals surface area contributed by atoms with E-state index in [-0.39, 0.29) is 6.04 Å². The van der Waals surface area contributed by atoms with Crippen molar-refractivity contribution in [2.24, 2.45) is 0 Å². The fourth-order valence-electron chi connectivity index (χ4n) is 2.37. The first-order chi connectivity index (χ1) is 10.0. The molecule has 21 heavy (non-hydrogen) atoms. The molecule has 1 atom stereocenters. The summed E-state index contributed by atoms with van der Waals surface area (Å²) in [5.74, 6) is -0.822. The average Bonchev–Trinajstić information content (AvgIpc) is 2.44. The van der Waals surface area contributed by atoms with Gasteiger partial charge in [-0.25, -0.2) is 8.78 Å². The van der Waals surface area contributed by atoms with E-state index in [0.717, 1.165) is 34.6 Å². The topological polar surface area (TPSA) is 12.0 Å². The maximum absolute atomic E-state index is 14.1. The molecule has 0 heterocycles. The largest absolute Gasteiger partial charge is 0.306 e. The number of benzene rings is 2. The molecule has 112 valence electrons. The fraction of sp³-hybridized carbons (Fsp3) is 0.294. The van der Waals surface area contributed by atoms with Gasteiger partial charge in [-0.1, -0.05) is 28.9 Å². The second-order valence-corrected chi connectivity index (χ2v) is 5.97. The lowest BCUT2D eigenvalue weighted by Crippen LogP contribution is -2.25. The van der Waals surface area contributed by atoms with Gasteiger partial charge in [-0.2, -0.15) is 0 Å². The third kappa shape index (κ3) is 3.89. The summed E-state index contributed by atoms with van der Waals surface area (Å²) in [6.07, 6.45) is 0.920. The Labute approximate surface area is 132 Å². The molecule has 0 aliphatic carbocycles. The van der Waals surface area contributed by atoms with Crippen molar-refractivity contribution in [1.82, 2.24) is 5.32 Å². The summed E-state index contributed by atoms with van der Waals surface area (Å²) in [6, 6.07) is 9.08. The maximum atomic E-state index is 14.1. The normalized spacial score (nSPS) is 12.4. The Hall–Kier alpha value is -1.26. The highest BCUT2D eigenvalue weighted by Gasteiger charge is 2.19. The standard InChI is InChI=1S/C17H18BrF2N/c1-3-8-21-17(14-6-4-12(18)9-11(14)2)15-10-13(19)5-7-16(15)20/h4-7,9-10,17,21H,3,8H2,1-2H3. The van der Waals surface area contributed by atoms with Crippen molar-refractivity contribution in [3.8, 4) is 0 Å². The summed E-state index contributed by atoms with van der Waals surface area (Å²) in [5, 5.41) is 3.31. The van der Waals surface area contributed by atoms with Crippen LogP contribution in [0.5, 0.6) is 0 Å². The van der Waals surface area contributed by atoms with Crippen LogP contribution < -0.4 is 5.32 Å². The molecule has 0 saturated heterocycles. The summed E-state index contributed by atoms with van der Waals surface area (Å²) in [5.41, 5.74) is 2.33. The second kappa shape index (κ2) is 7.14. The Kier molecular flexibility index (Phi) is 5.48. The molecule has 4 heteroatoms. The van der Waals surface area contributed by atoms with Crippen molar-refractivity contribution in [3.63, 3.8) is 0 Å². The quantitative estimate of drug-likeness (QED) is 0.785. The average molecular weight is 354 g/mol. The van der Waals surface area contributed by atoms with Crippen LogP contribution in [-0.2, 0) is 0 Å². The molecule has 0 spiro atoms. The highest BCUT2D eigenvalue weighted by atomic mass is 79.9. The van der Waals surface area contributed by atoms with Crippen LogP contribution in [0.15, 0.2) is 40.9 Å². The molecule has 1 unspecified atom stereocenters. The fourth-order valence-corrected chi connectivity index (χ4v) is 2.85. The van der Waals surface area contributed by atoms with E-state index < -0.39 is 11.6 Å². The third-order valence-electron chi connectivity index (χ3n) is 3.41. The van der Waals surface area contributed by atoms with Gasteiger partial charge in [-0.15, -0.1) is 0 Å². The van der Waals surface area contributed by atoms with E-state index in [4.69, 9.17) is 0 Å². The first kappa shape index (κ1) is 16.1. The van der Waals surface area contributed by atoms with E-state index in [9.17, 15) is 8.78 Å².